The van der Waals surface area contributed by atoms with Gasteiger partial charge in [0.05, 0.1) is 18.8 Å². The van der Waals surface area contributed by atoms with Crippen LogP contribution in [-0.4, -0.2) is 17.3 Å². The van der Waals surface area contributed by atoms with Crippen LogP contribution < -0.4 is 16.0 Å². The Hall–Kier alpha value is -2.05. The van der Waals surface area contributed by atoms with Crippen molar-refractivity contribution >= 4 is 0 Å². The third-order valence-electron chi connectivity index (χ3n) is 2.79. The van der Waals surface area contributed by atoms with Gasteiger partial charge >= 0.3 is 0 Å². The first-order valence-electron chi connectivity index (χ1n) is 5.75. The molecule has 100 valence electrons. The van der Waals surface area contributed by atoms with Gasteiger partial charge in [-0.25, -0.2) is 9.82 Å². The second-order valence-corrected chi connectivity index (χ2v) is 4.13. The van der Waals surface area contributed by atoms with Gasteiger partial charge < -0.3 is 4.74 Å². The zero-order chi connectivity index (χ0) is 13.8. The molecular weight excluding hydrogens is 247 g/mol. The number of halogens is 1. The third-order valence-corrected chi connectivity index (χ3v) is 2.79. The van der Waals surface area contributed by atoms with Crippen molar-refractivity contribution in [3.8, 4) is 5.88 Å². The van der Waals surface area contributed by atoms with Crippen LogP contribution in [0.5, 0.6) is 5.88 Å². The van der Waals surface area contributed by atoms with Crippen molar-refractivity contribution < 1.29 is 9.13 Å². The third kappa shape index (κ3) is 2.86. The largest absolute Gasteiger partial charge is 0.480 e. The highest BCUT2D eigenvalue weighted by Gasteiger charge is 2.18. The molecule has 6 heteroatoms. The predicted octanol–water partition coefficient (Wildman–Crippen LogP) is 1.49. The van der Waals surface area contributed by atoms with E-state index in [0.29, 0.717) is 17.1 Å². The Morgan fingerprint density at radius 3 is 2.63 bits per heavy atom. The second-order valence-electron chi connectivity index (χ2n) is 4.13. The molecule has 0 spiro atoms. The molecule has 0 radical (unpaired) electrons. The summed E-state index contributed by atoms with van der Waals surface area (Å²) in [6, 6.07) is 7.63. The number of aryl methyl sites for hydroxylation is 1. The molecule has 5 nitrogen and oxygen atoms in total. The summed E-state index contributed by atoms with van der Waals surface area (Å²) in [4.78, 5) is 0. The van der Waals surface area contributed by atoms with Crippen LogP contribution in [0.4, 0.5) is 4.39 Å². The van der Waals surface area contributed by atoms with Gasteiger partial charge in [0.15, 0.2) is 0 Å². The molecule has 0 fully saturated rings. The van der Waals surface area contributed by atoms with Crippen molar-refractivity contribution in [1.82, 2.24) is 15.6 Å². The molecule has 0 saturated heterocycles. The highest BCUT2D eigenvalue weighted by molar-refractivity contribution is 5.32. The van der Waals surface area contributed by atoms with Crippen molar-refractivity contribution in [3.63, 3.8) is 0 Å². The molecule has 1 unspecified atom stereocenters. The summed E-state index contributed by atoms with van der Waals surface area (Å²) in [5.41, 5.74) is 4.45. The van der Waals surface area contributed by atoms with E-state index < -0.39 is 6.04 Å². The maximum absolute atomic E-state index is 13.9. The Labute approximate surface area is 110 Å². The molecule has 1 atom stereocenters. The van der Waals surface area contributed by atoms with E-state index in [4.69, 9.17) is 10.6 Å². The zero-order valence-electron chi connectivity index (χ0n) is 10.7. The SMILES string of the molecule is COc1ccc(C(NN)c2cc(C)ccc2F)nn1. The molecule has 0 bridgehead atoms. The molecule has 2 rings (SSSR count). The second kappa shape index (κ2) is 5.73. The number of hydrogen-bond donors (Lipinski definition) is 2. The van der Waals surface area contributed by atoms with Gasteiger partial charge in [-0.2, -0.15) is 0 Å². The topological polar surface area (TPSA) is 73.1 Å². The molecule has 0 amide bonds. The Balaban J connectivity index is 2.40. The van der Waals surface area contributed by atoms with Crippen LogP contribution >= 0.6 is 0 Å². The smallest absolute Gasteiger partial charge is 0.233 e. The van der Waals surface area contributed by atoms with Crippen molar-refractivity contribution in [2.24, 2.45) is 5.84 Å². The van der Waals surface area contributed by atoms with E-state index in [9.17, 15) is 4.39 Å². The van der Waals surface area contributed by atoms with Gasteiger partial charge in [0.1, 0.15) is 5.82 Å². The van der Waals surface area contributed by atoms with Crippen LogP contribution in [0.25, 0.3) is 0 Å². The Morgan fingerprint density at radius 2 is 2.05 bits per heavy atom. The Morgan fingerprint density at radius 1 is 1.26 bits per heavy atom. The number of aromatic nitrogens is 2. The molecular formula is C13H15FN4O. The minimum atomic E-state index is -0.557. The highest BCUT2D eigenvalue weighted by atomic mass is 19.1. The summed E-state index contributed by atoms with van der Waals surface area (Å²) in [5, 5.41) is 7.84. The number of methoxy groups -OCH3 is 1. The van der Waals surface area contributed by atoms with Gasteiger partial charge in [-0.1, -0.05) is 17.7 Å². The number of nitrogens with two attached hydrogens (primary N) is 1. The number of ether oxygens (including phenoxy) is 1. The van der Waals surface area contributed by atoms with Crippen molar-refractivity contribution in [2.45, 2.75) is 13.0 Å². The standard InChI is InChI=1S/C13H15FN4O/c1-8-3-4-10(14)9(7-8)13(16-15)11-5-6-12(19-2)18-17-11/h3-7,13,16H,15H2,1-2H3. The number of rotatable bonds is 4. The molecule has 0 aliphatic rings. The van der Waals surface area contributed by atoms with E-state index in [1.807, 2.05) is 6.92 Å². The van der Waals surface area contributed by atoms with Gasteiger partial charge in [-0.15, -0.1) is 10.2 Å². The summed E-state index contributed by atoms with van der Waals surface area (Å²) in [6.07, 6.45) is 0. The fraction of sp³-hybridized carbons (Fsp3) is 0.231. The molecule has 3 N–H and O–H groups in total. The first-order valence-corrected chi connectivity index (χ1v) is 5.75. The first kappa shape index (κ1) is 13.4. The molecule has 0 saturated carbocycles. The van der Waals surface area contributed by atoms with E-state index >= 15 is 0 Å². The van der Waals surface area contributed by atoms with E-state index in [-0.39, 0.29) is 5.82 Å². The van der Waals surface area contributed by atoms with Crippen molar-refractivity contribution in [2.75, 3.05) is 7.11 Å². The molecule has 1 heterocycles. The number of benzene rings is 1. The van der Waals surface area contributed by atoms with Crippen LogP contribution in [0.1, 0.15) is 22.9 Å². The van der Waals surface area contributed by atoms with Gasteiger partial charge in [-0.3, -0.25) is 5.84 Å². The molecule has 19 heavy (non-hydrogen) atoms. The molecule has 0 aliphatic carbocycles. The lowest BCUT2D eigenvalue weighted by atomic mass is 10.0. The fourth-order valence-corrected chi connectivity index (χ4v) is 1.81. The Kier molecular flexibility index (Phi) is 4.03. The summed E-state index contributed by atoms with van der Waals surface area (Å²) in [7, 11) is 1.50. The lowest BCUT2D eigenvalue weighted by molar-refractivity contribution is 0.390. The minimum absolute atomic E-state index is 0.342. The monoisotopic (exact) mass is 262 g/mol. The summed E-state index contributed by atoms with van der Waals surface area (Å²) >= 11 is 0. The Bertz CT molecular complexity index is 559. The van der Waals surface area contributed by atoms with E-state index in [2.05, 4.69) is 15.6 Å². The van der Waals surface area contributed by atoms with Crippen LogP contribution in [0, 0.1) is 12.7 Å². The van der Waals surface area contributed by atoms with Gasteiger partial charge in [0.25, 0.3) is 0 Å². The van der Waals surface area contributed by atoms with E-state index in [0.717, 1.165) is 5.56 Å². The number of hydrogen-bond acceptors (Lipinski definition) is 5. The maximum Gasteiger partial charge on any atom is 0.233 e. The summed E-state index contributed by atoms with van der Waals surface area (Å²) < 4.78 is 18.8. The average Bonchev–Trinajstić information content (AvgIpc) is 2.44. The predicted molar refractivity (Wildman–Crippen MR) is 68.9 cm³/mol. The van der Waals surface area contributed by atoms with E-state index in [1.165, 1.54) is 13.2 Å². The lowest BCUT2D eigenvalue weighted by Gasteiger charge is -2.16. The van der Waals surface area contributed by atoms with Gasteiger partial charge in [0.2, 0.25) is 5.88 Å². The van der Waals surface area contributed by atoms with Crippen molar-refractivity contribution in [3.05, 3.63) is 53.0 Å². The average molecular weight is 262 g/mol. The highest BCUT2D eigenvalue weighted by Crippen LogP contribution is 2.23. The number of hydrazine groups is 1. The first-order chi connectivity index (χ1) is 9.15. The van der Waals surface area contributed by atoms with Crippen LogP contribution in [-0.2, 0) is 0 Å². The summed E-state index contributed by atoms with van der Waals surface area (Å²) in [5.74, 6) is 5.56. The molecule has 2 aromatic rings. The van der Waals surface area contributed by atoms with Crippen molar-refractivity contribution in [1.29, 1.82) is 0 Å². The van der Waals surface area contributed by atoms with Crippen LogP contribution in [0.2, 0.25) is 0 Å². The van der Waals surface area contributed by atoms with E-state index in [1.54, 1.807) is 24.3 Å². The fourth-order valence-electron chi connectivity index (χ4n) is 1.81. The molecule has 1 aromatic carbocycles. The molecule has 0 aliphatic heterocycles. The van der Waals surface area contributed by atoms with Crippen LogP contribution in [0.3, 0.4) is 0 Å². The maximum atomic E-state index is 13.9. The summed E-state index contributed by atoms with van der Waals surface area (Å²) in [6.45, 7) is 1.89. The molecule has 1 aromatic heterocycles. The van der Waals surface area contributed by atoms with Gasteiger partial charge in [-0.05, 0) is 19.1 Å². The quantitative estimate of drug-likeness (QED) is 0.645. The minimum Gasteiger partial charge on any atom is -0.480 e. The lowest BCUT2D eigenvalue weighted by Crippen LogP contribution is -2.30. The normalized spacial score (nSPS) is 12.2. The number of nitrogens with zero attached hydrogens (tertiary/aromatic N) is 2. The van der Waals surface area contributed by atoms with Crippen LogP contribution in [0.15, 0.2) is 30.3 Å². The number of nitrogens with one attached hydrogen (secondary N) is 1. The van der Waals surface area contributed by atoms with Gasteiger partial charge in [0, 0.05) is 11.6 Å². The zero-order valence-corrected chi connectivity index (χ0v) is 10.7.